The van der Waals surface area contributed by atoms with Crippen LogP contribution >= 0.6 is 11.6 Å². The maximum Gasteiger partial charge on any atom is 0.341 e. The first-order valence-electron chi connectivity index (χ1n) is 9.17. The van der Waals surface area contributed by atoms with Crippen molar-refractivity contribution in [3.63, 3.8) is 0 Å². The summed E-state index contributed by atoms with van der Waals surface area (Å²) >= 11 is 6.14. The van der Waals surface area contributed by atoms with Gasteiger partial charge < -0.3 is 14.9 Å². The van der Waals surface area contributed by atoms with Gasteiger partial charge in [-0.05, 0) is 58.5 Å². The highest BCUT2D eigenvalue weighted by Gasteiger charge is 2.14. The molecule has 0 bridgehead atoms. The number of carbonyl (C=O) groups is 1. The molecule has 0 aliphatic heterocycles. The molecule has 2 N–H and O–H groups in total. The van der Waals surface area contributed by atoms with Crippen LogP contribution in [0.5, 0.6) is 11.5 Å². The lowest BCUT2D eigenvalue weighted by Crippen LogP contribution is -2.09. The topological polar surface area (TPSA) is 66.8 Å². The van der Waals surface area contributed by atoms with Crippen molar-refractivity contribution in [2.24, 2.45) is 0 Å². The van der Waals surface area contributed by atoms with Crippen LogP contribution in [-0.4, -0.2) is 28.7 Å². The van der Waals surface area contributed by atoms with Gasteiger partial charge in [-0.15, -0.1) is 11.6 Å². The molecule has 0 aliphatic carbocycles. The maximum absolute atomic E-state index is 10.7. The highest BCUT2D eigenvalue weighted by Crippen LogP contribution is 2.35. The van der Waals surface area contributed by atoms with E-state index in [2.05, 4.69) is 0 Å². The van der Waals surface area contributed by atoms with Crippen LogP contribution in [0.1, 0.15) is 23.1 Å². The molecule has 0 spiro atoms. The Hall–Kier alpha value is -3.24. The van der Waals surface area contributed by atoms with Gasteiger partial charge in [0, 0.05) is 5.88 Å². The number of allylic oxidation sites excluding steroid dienone is 1. The van der Waals surface area contributed by atoms with Crippen molar-refractivity contribution < 1.29 is 19.7 Å². The van der Waals surface area contributed by atoms with E-state index in [1.54, 1.807) is 24.3 Å². The third-order valence-electron chi connectivity index (χ3n) is 4.43. The Morgan fingerprint density at radius 1 is 0.828 bits per heavy atom. The zero-order valence-corrected chi connectivity index (χ0v) is 16.5. The van der Waals surface area contributed by atoms with Crippen LogP contribution < -0.4 is 4.74 Å². The zero-order chi connectivity index (χ0) is 20.6. The van der Waals surface area contributed by atoms with Gasteiger partial charge >= 0.3 is 5.97 Å². The number of phenolic OH excluding ortho intramolecular Hbond substituents is 1. The predicted molar refractivity (Wildman–Crippen MR) is 115 cm³/mol. The monoisotopic (exact) mass is 408 g/mol. The van der Waals surface area contributed by atoms with E-state index < -0.39 is 5.97 Å². The Morgan fingerprint density at radius 2 is 1.41 bits per heavy atom. The van der Waals surface area contributed by atoms with Crippen molar-refractivity contribution in [3.8, 4) is 11.5 Å². The highest BCUT2D eigenvalue weighted by molar-refractivity contribution is 6.18. The number of halogens is 1. The summed E-state index contributed by atoms with van der Waals surface area (Å²) in [4.78, 5) is 10.7. The van der Waals surface area contributed by atoms with E-state index in [9.17, 15) is 9.90 Å². The first-order chi connectivity index (χ1) is 14.1. The smallest absolute Gasteiger partial charge is 0.341 e. The summed E-state index contributed by atoms with van der Waals surface area (Å²) in [6.45, 7) is -0.387. The number of aliphatic carboxylic acids is 1. The van der Waals surface area contributed by atoms with E-state index in [0.717, 1.165) is 27.8 Å². The molecule has 0 saturated carbocycles. The van der Waals surface area contributed by atoms with Crippen molar-refractivity contribution >= 4 is 28.7 Å². The second-order valence-corrected chi connectivity index (χ2v) is 6.79. The molecule has 5 heteroatoms. The fraction of sp³-hybridized carbons (Fsp3) is 0.125. The van der Waals surface area contributed by atoms with E-state index in [1.807, 2.05) is 54.6 Å². The Kier molecular flexibility index (Phi) is 6.93. The standard InChI is InChI=1S/C24H21ClO4/c25-15-14-22(17-4-2-1-3-5-17)24(18-6-10-20(26)11-7-18)19-8-12-21(13-9-19)29-16-23(27)28/h1-13,26H,14-16H2,(H,27,28)/b24-22-. The molecule has 3 aromatic carbocycles. The molecular weight excluding hydrogens is 388 g/mol. The van der Waals surface area contributed by atoms with Crippen LogP contribution in [0.3, 0.4) is 0 Å². The van der Waals surface area contributed by atoms with Gasteiger partial charge in [-0.2, -0.15) is 0 Å². The molecule has 0 amide bonds. The SMILES string of the molecule is O=C(O)COc1ccc(/C(=C(/CCCl)c2ccccc2)c2ccc(O)cc2)cc1. The number of ether oxygens (including phenoxy) is 1. The number of hydrogen-bond donors (Lipinski definition) is 2. The molecule has 0 saturated heterocycles. The number of benzene rings is 3. The highest BCUT2D eigenvalue weighted by atomic mass is 35.5. The second kappa shape index (κ2) is 9.80. The number of phenols is 1. The van der Waals surface area contributed by atoms with Crippen LogP contribution in [0.2, 0.25) is 0 Å². The van der Waals surface area contributed by atoms with Gasteiger partial charge in [0.15, 0.2) is 6.61 Å². The molecule has 3 rings (SSSR count). The van der Waals surface area contributed by atoms with E-state index >= 15 is 0 Å². The Morgan fingerprint density at radius 3 is 1.97 bits per heavy atom. The van der Waals surface area contributed by atoms with Gasteiger partial charge in [0.25, 0.3) is 0 Å². The van der Waals surface area contributed by atoms with Crippen LogP contribution in [-0.2, 0) is 4.79 Å². The summed E-state index contributed by atoms with van der Waals surface area (Å²) in [6.07, 6.45) is 0.666. The summed E-state index contributed by atoms with van der Waals surface area (Å²) in [6, 6.07) is 24.4. The van der Waals surface area contributed by atoms with E-state index in [1.165, 1.54) is 0 Å². The largest absolute Gasteiger partial charge is 0.508 e. The summed E-state index contributed by atoms with van der Waals surface area (Å²) < 4.78 is 5.25. The van der Waals surface area contributed by atoms with Crippen molar-refractivity contribution in [2.75, 3.05) is 12.5 Å². The average molecular weight is 409 g/mol. The maximum atomic E-state index is 10.7. The molecule has 29 heavy (non-hydrogen) atoms. The lowest BCUT2D eigenvalue weighted by atomic mass is 9.88. The molecule has 3 aromatic rings. The molecule has 0 fully saturated rings. The van der Waals surface area contributed by atoms with Crippen molar-refractivity contribution in [1.82, 2.24) is 0 Å². The number of hydrogen-bond acceptors (Lipinski definition) is 3. The normalized spacial score (nSPS) is 11.6. The number of rotatable bonds is 8. The first kappa shape index (κ1) is 20.5. The Labute approximate surface area is 174 Å². The lowest BCUT2D eigenvalue weighted by Gasteiger charge is -2.17. The minimum Gasteiger partial charge on any atom is -0.508 e. The van der Waals surface area contributed by atoms with Gasteiger partial charge in [-0.3, -0.25) is 0 Å². The molecule has 0 radical (unpaired) electrons. The quantitative estimate of drug-likeness (QED) is 0.384. The van der Waals surface area contributed by atoms with Crippen LogP contribution in [0.4, 0.5) is 0 Å². The van der Waals surface area contributed by atoms with Crippen LogP contribution in [0, 0.1) is 0 Å². The summed E-state index contributed by atoms with van der Waals surface area (Å²) in [5.41, 5.74) is 5.06. The number of alkyl halides is 1. The predicted octanol–water partition coefficient (Wildman–Crippen LogP) is 5.44. The minimum atomic E-state index is -1.02. The summed E-state index contributed by atoms with van der Waals surface area (Å²) in [5, 5.41) is 18.5. The van der Waals surface area contributed by atoms with Crippen molar-refractivity contribution in [1.29, 1.82) is 0 Å². The molecular formula is C24H21ClO4. The lowest BCUT2D eigenvalue weighted by molar-refractivity contribution is -0.139. The van der Waals surface area contributed by atoms with Crippen LogP contribution in [0.15, 0.2) is 78.9 Å². The van der Waals surface area contributed by atoms with E-state index in [-0.39, 0.29) is 12.4 Å². The number of aromatic hydroxyl groups is 1. The number of carboxylic acids is 1. The summed E-state index contributed by atoms with van der Waals surface area (Å²) in [5.74, 6) is 0.127. The number of carboxylic acid groups (broad SMARTS) is 1. The average Bonchev–Trinajstić information content (AvgIpc) is 2.74. The Bertz CT molecular complexity index is 978. The van der Waals surface area contributed by atoms with E-state index in [4.69, 9.17) is 21.4 Å². The third kappa shape index (κ3) is 5.39. The first-order valence-corrected chi connectivity index (χ1v) is 9.71. The van der Waals surface area contributed by atoms with Gasteiger partial charge in [0.05, 0.1) is 0 Å². The fourth-order valence-corrected chi connectivity index (χ4v) is 3.34. The molecule has 0 atom stereocenters. The molecule has 148 valence electrons. The molecule has 0 unspecified atom stereocenters. The van der Waals surface area contributed by atoms with Crippen molar-refractivity contribution in [3.05, 3.63) is 95.6 Å². The third-order valence-corrected chi connectivity index (χ3v) is 4.62. The molecule has 4 nitrogen and oxygen atoms in total. The fourth-order valence-electron chi connectivity index (χ4n) is 3.15. The van der Waals surface area contributed by atoms with Crippen molar-refractivity contribution in [2.45, 2.75) is 6.42 Å². The molecule has 0 heterocycles. The Balaban J connectivity index is 2.12. The van der Waals surface area contributed by atoms with Gasteiger partial charge in [-0.1, -0.05) is 54.6 Å². The van der Waals surface area contributed by atoms with E-state index in [0.29, 0.717) is 18.1 Å². The molecule has 0 aliphatic rings. The minimum absolute atomic E-state index is 0.198. The van der Waals surface area contributed by atoms with Gasteiger partial charge in [0.1, 0.15) is 11.5 Å². The van der Waals surface area contributed by atoms with Gasteiger partial charge in [-0.25, -0.2) is 4.79 Å². The van der Waals surface area contributed by atoms with Gasteiger partial charge in [0.2, 0.25) is 0 Å². The zero-order valence-electron chi connectivity index (χ0n) is 15.7. The van der Waals surface area contributed by atoms with Crippen LogP contribution in [0.25, 0.3) is 11.1 Å². The summed E-state index contributed by atoms with van der Waals surface area (Å²) in [7, 11) is 0. The second-order valence-electron chi connectivity index (χ2n) is 6.41. The molecule has 0 aromatic heterocycles.